The number of rotatable bonds is 3. The maximum absolute atomic E-state index is 12.9. The molecule has 15 heavy (non-hydrogen) atoms. The van der Waals surface area contributed by atoms with Gasteiger partial charge in [0.25, 0.3) is 0 Å². The third kappa shape index (κ3) is 2.53. The molecular weight excluding hydrogens is 211 g/mol. The first-order chi connectivity index (χ1) is 7.25. The van der Waals surface area contributed by atoms with E-state index in [1.54, 1.807) is 23.6 Å². The summed E-state index contributed by atoms with van der Waals surface area (Å²) in [5.41, 5.74) is 0.776. The molecule has 1 aromatic carbocycles. The van der Waals surface area contributed by atoms with Crippen molar-refractivity contribution in [3.8, 4) is 0 Å². The molecule has 0 spiro atoms. The predicted molar refractivity (Wildman–Crippen MR) is 60.6 cm³/mol. The van der Waals surface area contributed by atoms with Crippen LogP contribution in [0.4, 0.5) is 10.1 Å². The standard InChI is InChI=1S/C11H11FN2S/c1-8(11-13-5-6-15-11)14-10-4-2-3-9(12)7-10/h2-8,14H,1H3/t8-/m0/s1. The SMILES string of the molecule is C[C@H](Nc1cccc(F)c1)c1nccs1. The Bertz CT molecular complexity index is 428. The lowest BCUT2D eigenvalue weighted by atomic mass is 10.2. The number of hydrogen-bond acceptors (Lipinski definition) is 3. The molecule has 2 nitrogen and oxygen atoms in total. The largest absolute Gasteiger partial charge is 0.376 e. The molecule has 1 heterocycles. The highest BCUT2D eigenvalue weighted by atomic mass is 32.1. The molecule has 1 atom stereocenters. The fourth-order valence-corrected chi connectivity index (χ4v) is 1.98. The summed E-state index contributed by atoms with van der Waals surface area (Å²) in [5, 5.41) is 6.12. The van der Waals surface area contributed by atoms with E-state index in [1.165, 1.54) is 12.1 Å². The van der Waals surface area contributed by atoms with E-state index in [-0.39, 0.29) is 11.9 Å². The summed E-state index contributed by atoms with van der Waals surface area (Å²) in [7, 11) is 0. The highest BCUT2D eigenvalue weighted by Gasteiger charge is 2.07. The van der Waals surface area contributed by atoms with Crippen molar-refractivity contribution in [1.82, 2.24) is 4.98 Å². The highest BCUT2D eigenvalue weighted by molar-refractivity contribution is 7.09. The van der Waals surface area contributed by atoms with Gasteiger partial charge in [-0.25, -0.2) is 9.37 Å². The minimum absolute atomic E-state index is 0.104. The van der Waals surface area contributed by atoms with Gasteiger partial charge in [0.1, 0.15) is 10.8 Å². The van der Waals surface area contributed by atoms with Gasteiger partial charge in [0.05, 0.1) is 6.04 Å². The van der Waals surface area contributed by atoms with Crippen LogP contribution < -0.4 is 5.32 Å². The molecule has 2 rings (SSSR count). The molecule has 1 aromatic heterocycles. The summed E-state index contributed by atoms with van der Waals surface area (Å²) in [5.74, 6) is -0.230. The maximum atomic E-state index is 12.9. The topological polar surface area (TPSA) is 24.9 Å². The smallest absolute Gasteiger partial charge is 0.125 e. The number of thiazole rings is 1. The normalized spacial score (nSPS) is 12.4. The number of halogens is 1. The number of hydrogen-bond donors (Lipinski definition) is 1. The lowest BCUT2D eigenvalue weighted by molar-refractivity contribution is 0.628. The Hall–Kier alpha value is -1.42. The monoisotopic (exact) mass is 222 g/mol. The van der Waals surface area contributed by atoms with Crippen molar-refractivity contribution in [2.24, 2.45) is 0 Å². The van der Waals surface area contributed by atoms with E-state index >= 15 is 0 Å². The lowest BCUT2D eigenvalue weighted by Gasteiger charge is -2.12. The molecule has 2 aromatic rings. The second kappa shape index (κ2) is 4.40. The van der Waals surface area contributed by atoms with Crippen LogP contribution >= 0.6 is 11.3 Å². The van der Waals surface area contributed by atoms with Crippen molar-refractivity contribution in [1.29, 1.82) is 0 Å². The average molecular weight is 222 g/mol. The first kappa shape index (κ1) is 10.1. The van der Waals surface area contributed by atoms with Crippen LogP contribution in [0.2, 0.25) is 0 Å². The molecule has 0 radical (unpaired) electrons. The van der Waals surface area contributed by atoms with Crippen LogP contribution in [0, 0.1) is 5.82 Å². The molecule has 0 saturated carbocycles. The van der Waals surface area contributed by atoms with Gasteiger partial charge in [-0.1, -0.05) is 6.07 Å². The zero-order valence-corrected chi connectivity index (χ0v) is 9.09. The molecule has 0 aliphatic carbocycles. The van der Waals surface area contributed by atoms with Crippen molar-refractivity contribution in [2.45, 2.75) is 13.0 Å². The van der Waals surface area contributed by atoms with Gasteiger partial charge in [-0.05, 0) is 25.1 Å². The Balaban J connectivity index is 2.09. The quantitative estimate of drug-likeness (QED) is 0.860. The van der Waals surface area contributed by atoms with Crippen LogP contribution in [-0.2, 0) is 0 Å². The minimum atomic E-state index is -0.230. The lowest BCUT2D eigenvalue weighted by Crippen LogP contribution is -2.05. The van der Waals surface area contributed by atoms with Crippen LogP contribution in [0.25, 0.3) is 0 Å². The molecule has 4 heteroatoms. The maximum Gasteiger partial charge on any atom is 0.125 e. The van der Waals surface area contributed by atoms with Crippen LogP contribution in [0.3, 0.4) is 0 Å². The Kier molecular flexibility index (Phi) is 2.97. The molecule has 1 N–H and O–H groups in total. The van der Waals surface area contributed by atoms with Crippen molar-refractivity contribution in [3.05, 3.63) is 46.7 Å². The summed E-state index contributed by atoms with van der Waals surface area (Å²) < 4.78 is 12.9. The van der Waals surface area contributed by atoms with Gasteiger partial charge in [-0.3, -0.25) is 0 Å². The number of nitrogens with one attached hydrogen (secondary N) is 1. The van der Waals surface area contributed by atoms with E-state index in [9.17, 15) is 4.39 Å². The number of nitrogens with zero attached hydrogens (tertiary/aromatic N) is 1. The summed E-state index contributed by atoms with van der Waals surface area (Å²) in [4.78, 5) is 4.20. The van der Waals surface area contributed by atoms with Crippen molar-refractivity contribution < 1.29 is 4.39 Å². The van der Waals surface area contributed by atoms with E-state index in [1.807, 2.05) is 18.4 Å². The van der Waals surface area contributed by atoms with Crippen LogP contribution in [0.1, 0.15) is 18.0 Å². The van der Waals surface area contributed by atoms with Crippen molar-refractivity contribution in [2.75, 3.05) is 5.32 Å². The van der Waals surface area contributed by atoms with Gasteiger partial charge < -0.3 is 5.32 Å². The Labute approximate surface area is 91.8 Å². The first-order valence-corrected chi connectivity index (χ1v) is 5.55. The van der Waals surface area contributed by atoms with Gasteiger partial charge in [-0.15, -0.1) is 11.3 Å². The molecule has 0 aliphatic rings. The Morgan fingerprint density at radius 2 is 2.33 bits per heavy atom. The first-order valence-electron chi connectivity index (χ1n) is 4.67. The van der Waals surface area contributed by atoms with Crippen molar-refractivity contribution >= 4 is 17.0 Å². The van der Waals surface area contributed by atoms with Gasteiger partial charge in [0, 0.05) is 17.3 Å². The summed E-state index contributed by atoms with van der Waals surface area (Å²) in [6.45, 7) is 2.00. The molecule has 0 aliphatic heterocycles. The van der Waals surface area contributed by atoms with Gasteiger partial charge in [0.2, 0.25) is 0 Å². The Morgan fingerprint density at radius 3 is 3.00 bits per heavy atom. The van der Waals surface area contributed by atoms with E-state index in [0.717, 1.165) is 10.7 Å². The highest BCUT2D eigenvalue weighted by Crippen LogP contribution is 2.20. The fraction of sp³-hybridized carbons (Fsp3) is 0.182. The van der Waals surface area contributed by atoms with Gasteiger partial charge in [0.15, 0.2) is 0 Å². The average Bonchev–Trinajstić information content (AvgIpc) is 2.70. The van der Waals surface area contributed by atoms with Crippen LogP contribution in [-0.4, -0.2) is 4.98 Å². The minimum Gasteiger partial charge on any atom is -0.376 e. The molecule has 0 bridgehead atoms. The van der Waals surface area contributed by atoms with Crippen molar-refractivity contribution in [3.63, 3.8) is 0 Å². The zero-order valence-electron chi connectivity index (χ0n) is 8.27. The van der Waals surface area contributed by atoms with E-state index in [4.69, 9.17) is 0 Å². The van der Waals surface area contributed by atoms with E-state index < -0.39 is 0 Å². The third-order valence-corrected chi connectivity index (χ3v) is 2.99. The number of anilines is 1. The summed E-state index contributed by atoms with van der Waals surface area (Å²) in [6.07, 6.45) is 1.77. The number of aromatic nitrogens is 1. The Morgan fingerprint density at radius 1 is 1.47 bits per heavy atom. The fourth-order valence-electron chi connectivity index (χ4n) is 1.34. The molecule has 0 unspecified atom stereocenters. The predicted octanol–water partition coefficient (Wildman–Crippen LogP) is 3.46. The van der Waals surface area contributed by atoms with Gasteiger partial charge in [-0.2, -0.15) is 0 Å². The second-order valence-corrected chi connectivity index (χ2v) is 4.17. The molecular formula is C11H11FN2S. The molecule has 0 fully saturated rings. The molecule has 78 valence electrons. The van der Waals surface area contributed by atoms with Gasteiger partial charge >= 0.3 is 0 Å². The number of benzene rings is 1. The molecule has 0 saturated heterocycles. The van der Waals surface area contributed by atoms with E-state index in [0.29, 0.717) is 0 Å². The summed E-state index contributed by atoms with van der Waals surface area (Å²) >= 11 is 1.59. The third-order valence-electron chi connectivity index (χ3n) is 2.03. The second-order valence-electron chi connectivity index (χ2n) is 3.25. The zero-order chi connectivity index (χ0) is 10.7. The van der Waals surface area contributed by atoms with Crippen LogP contribution in [0.15, 0.2) is 35.8 Å². The summed E-state index contributed by atoms with van der Waals surface area (Å²) in [6, 6.07) is 6.54. The van der Waals surface area contributed by atoms with Crippen LogP contribution in [0.5, 0.6) is 0 Å². The molecule has 0 amide bonds. The van der Waals surface area contributed by atoms with E-state index in [2.05, 4.69) is 10.3 Å².